The highest BCUT2D eigenvalue weighted by Gasteiger charge is 2.24. The Morgan fingerprint density at radius 2 is 2.41 bits per heavy atom. The van der Waals surface area contributed by atoms with Crippen molar-refractivity contribution in [3.05, 3.63) is 11.3 Å². The lowest BCUT2D eigenvalue weighted by atomic mass is 10.1. The van der Waals surface area contributed by atoms with Crippen molar-refractivity contribution in [3.63, 3.8) is 0 Å². The highest BCUT2D eigenvalue weighted by Crippen LogP contribution is 2.22. The molecule has 0 bridgehead atoms. The van der Waals surface area contributed by atoms with Crippen molar-refractivity contribution in [2.45, 2.75) is 38.8 Å². The van der Waals surface area contributed by atoms with Gasteiger partial charge in [0.05, 0.1) is 17.8 Å². The average molecular weight is 234 g/mol. The third kappa shape index (κ3) is 2.27. The summed E-state index contributed by atoms with van der Waals surface area (Å²) in [4.78, 5) is 0. The summed E-state index contributed by atoms with van der Waals surface area (Å²) in [6.07, 6.45) is 2.43. The summed E-state index contributed by atoms with van der Waals surface area (Å²) in [6, 6.07) is 2.39. The van der Waals surface area contributed by atoms with Gasteiger partial charge >= 0.3 is 0 Å². The van der Waals surface area contributed by atoms with Crippen molar-refractivity contribution in [2.75, 3.05) is 11.9 Å². The zero-order valence-corrected chi connectivity index (χ0v) is 10.5. The highest BCUT2D eigenvalue weighted by molar-refractivity contribution is 5.55. The van der Waals surface area contributed by atoms with E-state index in [9.17, 15) is 0 Å². The van der Waals surface area contributed by atoms with Crippen LogP contribution in [0.3, 0.4) is 0 Å². The molecule has 2 atom stereocenters. The number of hydrogen-bond acceptors (Lipinski definition) is 4. The molecule has 0 aromatic carbocycles. The van der Waals surface area contributed by atoms with Crippen LogP contribution in [0.1, 0.15) is 31.0 Å². The van der Waals surface area contributed by atoms with Gasteiger partial charge in [-0.2, -0.15) is 10.4 Å². The Morgan fingerprint density at radius 3 is 3.00 bits per heavy atom. The van der Waals surface area contributed by atoms with Crippen LogP contribution in [0.25, 0.3) is 0 Å². The molecule has 5 nitrogen and oxygen atoms in total. The lowest BCUT2D eigenvalue weighted by Crippen LogP contribution is -2.31. The molecule has 1 aromatic heterocycles. The van der Waals surface area contributed by atoms with Gasteiger partial charge < -0.3 is 10.1 Å². The molecule has 2 heterocycles. The van der Waals surface area contributed by atoms with Crippen molar-refractivity contribution >= 4 is 5.82 Å². The predicted molar refractivity (Wildman–Crippen MR) is 64.7 cm³/mol. The van der Waals surface area contributed by atoms with Crippen molar-refractivity contribution in [2.24, 2.45) is 7.05 Å². The van der Waals surface area contributed by atoms with E-state index in [2.05, 4.69) is 23.4 Å². The zero-order valence-electron chi connectivity index (χ0n) is 10.5. The van der Waals surface area contributed by atoms with Crippen LogP contribution in [-0.2, 0) is 11.8 Å². The molecule has 1 N–H and O–H groups in total. The molecule has 0 saturated carbocycles. The topological polar surface area (TPSA) is 62.9 Å². The van der Waals surface area contributed by atoms with Crippen LogP contribution in [0.5, 0.6) is 0 Å². The minimum atomic E-state index is 0.194. The second kappa shape index (κ2) is 4.76. The van der Waals surface area contributed by atoms with Crippen LogP contribution in [0.4, 0.5) is 5.82 Å². The molecule has 1 aromatic rings. The van der Waals surface area contributed by atoms with Crippen LogP contribution < -0.4 is 5.32 Å². The second-order valence-corrected chi connectivity index (χ2v) is 4.53. The minimum absolute atomic E-state index is 0.194. The number of aryl methyl sites for hydroxylation is 2. The molecular weight excluding hydrogens is 216 g/mol. The first kappa shape index (κ1) is 11.9. The first-order valence-corrected chi connectivity index (χ1v) is 5.95. The second-order valence-electron chi connectivity index (χ2n) is 4.53. The molecule has 2 unspecified atom stereocenters. The van der Waals surface area contributed by atoms with Crippen LogP contribution in [0.2, 0.25) is 0 Å². The molecule has 0 radical (unpaired) electrons. The van der Waals surface area contributed by atoms with Crippen molar-refractivity contribution in [1.29, 1.82) is 5.26 Å². The van der Waals surface area contributed by atoms with E-state index in [4.69, 9.17) is 10.00 Å². The summed E-state index contributed by atoms with van der Waals surface area (Å²) < 4.78 is 7.35. The molecule has 1 fully saturated rings. The normalized spacial score (nSPS) is 21.2. The van der Waals surface area contributed by atoms with Gasteiger partial charge in [0.2, 0.25) is 0 Å². The molecule has 17 heavy (non-hydrogen) atoms. The number of aromatic nitrogens is 2. The smallest absolute Gasteiger partial charge is 0.142 e. The van der Waals surface area contributed by atoms with Gasteiger partial charge in [-0.25, -0.2) is 0 Å². The SMILES string of the molecule is Cc1nn(C)c(NC(C)C2CCCO2)c1C#N. The summed E-state index contributed by atoms with van der Waals surface area (Å²) in [6.45, 7) is 4.77. The standard InChI is InChI=1S/C12H18N4O/c1-8-10(7-13)12(16(3)15-8)14-9(2)11-5-4-6-17-11/h9,11,14H,4-6H2,1-3H3. The summed E-state index contributed by atoms with van der Waals surface area (Å²) in [5.74, 6) is 0.785. The number of nitriles is 1. The number of nitrogens with zero attached hydrogens (tertiary/aromatic N) is 3. The van der Waals surface area contributed by atoms with E-state index in [1.54, 1.807) is 4.68 Å². The predicted octanol–water partition coefficient (Wildman–Crippen LogP) is 1.58. The Bertz CT molecular complexity index is 440. The van der Waals surface area contributed by atoms with Gasteiger partial charge in [0.1, 0.15) is 17.5 Å². The number of hydrogen-bond donors (Lipinski definition) is 1. The lowest BCUT2D eigenvalue weighted by molar-refractivity contribution is 0.0995. The molecule has 92 valence electrons. The fourth-order valence-electron chi connectivity index (χ4n) is 2.26. The van der Waals surface area contributed by atoms with Crippen LogP contribution >= 0.6 is 0 Å². The Kier molecular flexibility index (Phi) is 3.34. The third-order valence-corrected chi connectivity index (χ3v) is 3.22. The van der Waals surface area contributed by atoms with Crippen molar-refractivity contribution < 1.29 is 4.74 Å². The molecule has 2 rings (SSSR count). The van der Waals surface area contributed by atoms with Gasteiger partial charge in [0.25, 0.3) is 0 Å². The van der Waals surface area contributed by atoms with Gasteiger partial charge in [-0.1, -0.05) is 0 Å². The van der Waals surface area contributed by atoms with Crippen molar-refractivity contribution in [3.8, 4) is 6.07 Å². The lowest BCUT2D eigenvalue weighted by Gasteiger charge is -2.21. The number of anilines is 1. The van der Waals surface area contributed by atoms with Crippen LogP contribution in [-0.4, -0.2) is 28.5 Å². The van der Waals surface area contributed by atoms with Gasteiger partial charge in [0.15, 0.2) is 0 Å². The van der Waals surface area contributed by atoms with E-state index in [0.717, 1.165) is 31.0 Å². The molecule has 0 amide bonds. The Hall–Kier alpha value is -1.54. The minimum Gasteiger partial charge on any atom is -0.376 e. The van der Waals surface area contributed by atoms with Gasteiger partial charge in [-0.05, 0) is 26.7 Å². The Labute approximate surface area is 101 Å². The third-order valence-electron chi connectivity index (χ3n) is 3.22. The maximum atomic E-state index is 9.12. The first-order chi connectivity index (χ1) is 8.13. The summed E-state index contributed by atoms with van der Waals surface area (Å²) in [5.41, 5.74) is 1.38. The number of ether oxygens (including phenoxy) is 1. The monoisotopic (exact) mass is 234 g/mol. The molecular formula is C12H18N4O. The fourth-order valence-corrected chi connectivity index (χ4v) is 2.26. The largest absolute Gasteiger partial charge is 0.376 e. The number of nitrogens with one attached hydrogen (secondary N) is 1. The molecule has 1 aliphatic heterocycles. The van der Waals surface area contributed by atoms with Crippen LogP contribution in [0, 0.1) is 18.3 Å². The maximum Gasteiger partial charge on any atom is 0.142 e. The maximum absolute atomic E-state index is 9.12. The van der Waals surface area contributed by atoms with Gasteiger partial charge in [0, 0.05) is 13.7 Å². The molecule has 5 heteroatoms. The van der Waals surface area contributed by atoms with E-state index >= 15 is 0 Å². The zero-order chi connectivity index (χ0) is 12.4. The quantitative estimate of drug-likeness (QED) is 0.862. The average Bonchev–Trinajstić information content (AvgIpc) is 2.88. The molecule has 1 aliphatic rings. The summed E-state index contributed by atoms with van der Waals surface area (Å²) >= 11 is 0. The number of rotatable bonds is 3. The highest BCUT2D eigenvalue weighted by atomic mass is 16.5. The van der Waals surface area contributed by atoms with E-state index in [0.29, 0.717) is 5.56 Å². The van der Waals surface area contributed by atoms with E-state index in [1.807, 2.05) is 14.0 Å². The van der Waals surface area contributed by atoms with E-state index in [1.165, 1.54) is 0 Å². The first-order valence-electron chi connectivity index (χ1n) is 5.95. The summed E-state index contributed by atoms with van der Waals surface area (Å²) in [5, 5.41) is 16.7. The fraction of sp³-hybridized carbons (Fsp3) is 0.667. The van der Waals surface area contributed by atoms with E-state index < -0.39 is 0 Å². The Balaban J connectivity index is 2.15. The van der Waals surface area contributed by atoms with Gasteiger partial charge in [-0.3, -0.25) is 4.68 Å². The van der Waals surface area contributed by atoms with Gasteiger partial charge in [-0.15, -0.1) is 0 Å². The molecule has 0 spiro atoms. The van der Waals surface area contributed by atoms with Crippen molar-refractivity contribution in [1.82, 2.24) is 9.78 Å². The summed E-state index contributed by atoms with van der Waals surface area (Å²) in [7, 11) is 1.85. The van der Waals surface area contributed by atoms with E-state index in [-0.39, 0.29) is 12.1 Å². The van der Waals surface area contributed by atoms with Crippen LogP contribution in [0.15, 0.2) is 0 Å². The molecule has 0 aliphatic carbocycles. The Morgan fingerprint density at radius 1 is 1.65 bits per heavy atom. The molecule has 1 saturated heterocycles.